The van der Waals surface area contributed by atoms with Gasteiger partial charge in [0.05, 0.1) is 6.04 Å². The SMILES string of the molecule is CCNC(=O)[C@@H](NC(=O)[C@H](C)NC[C@H](CC(C)C)NC(=O)[C@H](CCc1ccccc1)NC(=O)[C@H](CC(C)C)NC(=O)CCCC(=O)O)C(C)C. The van der Waals surface area contributed by atoms with Gasteiger partial charge in [0, 0.05) is 32.0 Å². The Morgan fingerprint density at radius 1 is 0.700 bits per heavy atom. The number of amides is 5. The monoisotopic (exact) mass is 702 g/mol. The molecule has 1 aromatic carbocycles. The highest BCUT2D eigenvalue weighted by Gasteiger charge is 2.30. The van der Waals surface area contributed by atoms with E-state index in [9.17, 15) is 28.8 Å². The van der Waals surface area contributed by atoms with Crippen LogP contribution in [0.5, 0.6) is 0 Å². The Labute approximate surface area is 298 Å². The molecule has 5 atom stereocenters. The molecule has 7 N–H and O–H groups in total. The van der Waals surface area contributed by atoms with Crippen LogP contribution in [0.4, 0.5) is 0 Å². The van der Waals surface area contributed by atoms with Gasteiger partial charge in [-0.2, -0.15) is 0 Å². The van der Waals surface area contributed by atoms with Crippen LogP contribution in [-0.2, 0) is 35.2 Å². The van der Waals surface area contributed by atoms with Crippen molar-refractivity contribution in [3.63, 3.8) is 0 Å². The lowest BCUT2D eigenvalue weighted by atomic mass is 9.99. The predicted molar refractivity (Wildman–Crippen MR) is 194 cm³/mol. The van der Waals surface area contributed by atoms with Crippen LogP contribution < -0.4 is 31.9 Å². The minimum absolute atomic E-state index is 0.0313. The molecule has 0 aliphatic rings. The summed E-state index contributed by atoms with van der Waals surface area (Å²) in [5.74, 6) is -2.73. The van der Waals surface area contributed by atoms with Crippen LogP contribution in [0.3, 0.4) is 0 Å². The number of benzene rings is 1. The minimum atomic E-state index is -0.999. The van der Waals surface area contributed by atoms with E-state index in [1.807, 2.05) is 78.8 Å². The van der Waals surface area contributed by atoms with Crippen LogP contribution in [0, 0.1) is 17.8 Å². The zero-order valence-electron chi connectivity index (χ0n) is 31.3. The molecule has 0 aromatic heterocycles. The number of carboxylic acid groups (broad SMARTS) is 1. The molecule has 5 amide bonds. The summed E-state index contributed by atoms with van der Waals surface area (Å²) in [6.07, 6.45) is 1.72. The molecule has 0 spiro atoms. The van der Waals surface area contributed by atoms with E-state index in [0.717, 1.165) is 5.56 Å². The molecule has 0 aliphatic carbocycles. The summed E-state index contributed by atoms with van der Waals surface area (Å²) in [5.41, 5.74) is 0.998. The Morgan fingerprint density at radius 3 is 1.88 bits per heavy atom. The van der Waals surface area contributed by atoms with Crippen LogP contribution in [-0.4, -0.2) is 83.9 Å². The highest BCUT2D eigenvalue weighted by atomic mass is 16.4. The van der Waals surface area contributed by atoms with Crippen molar-refractivity contribution < 1.29 is 33.9 Å². The number of likely N-dealkylation sites (N-methyl/N-ethyl adjacent to an activating group) is 1. The van der Waals surface area contributed by atoms with Crippen molar-refractivity contribution >= 4 is 35.5 Å². The van der Waals surface area contributed by atoms with E-state index in [0.29, 0.717) is 32.2 Å². The topological polar surface area (TPSA) is 195 Å². The second-order valence-electron chi connectivity index (χ2n) is 14.2. The maximum Gasteiger partial charge on any atom is 0.303 e. The highest BCUT2D eigenvalue weighted by molar-refractivity contribution is 5.92. The molecule has 0 fully saturated rings. The van der Waals surface area contributed by atoms with Gasteiger partial charge in [0.15, 0.2) is 0 Å². The Hall–Kier alpha value is -4.00. The van der Waals surface area contributed by atoms with E-state index in [4.69, 9.17) is 5.11 Å². The van der Waals surface area contributed by atoms with Gasteiger partial charge in [-0.15, -0.1) is 0 Å². The van der Waals surface area contributed by atoms with Gasteiger partial charge in [0.25, 0.3) is 0 Å². The molecule has 0 saturated carbocycles. The molecule has 282 valence electrons. The number of rotatable bonds is 24. The molecule has 1 rings (SSSR count). The van der Waals surface area contributed by atoms with Gasteiger partial charge >= 0.3 is 5.97 Å². The summed E-state index contributed by atoms with van der Waals surface area (Å²) in [6, 6.07) is 6.08. The smallest absolute Gasteiger partial charge is 0.303 e. The second kappa shape index (κ2) is 23.4. The molecule has 0 aliphatic heterocycles. The number of hydrogen-bond donors (Lipinski definition) is 7. The normalized spacial score (nSPS) is 14.3. The fourth-order valence-corrected chi connectivity index (χ4v) is 5.44. The zero-order valence-corrected chi connectivity index (χ0v) is 31.3. The van der Waals surface area contributed by atoms with E-state index in [1.165, 1.54) is 0 Å². The first-order chi connectivity index (χ1) is 23.5. The molecule has 0 radical (unpaired) electrons. The number of carbonyl (C=O) groups is 6. The summed E-state index contributed by atoms with van der Waals surface area (Å²) in [6.45, 7) is 15.9. The summed E-state index contributed by atoms with van der Waals surface area (Å²) >= 11 is 0. The maximum atomic E-state index is 13.9. The summed E-state index contributed by atoms with van der Waals surface area (Å²) in [4.78, 5) is 76.5. The van der Waals surface area contributed by atoms with Crippen molar-refractivity contribution in [2.24, 2.45) is 17.8 Å². The lowest BCUT2D eigenvalue weighted by Crippen LogP contribution is -2.57. The Kier molecular flexibility index (Phi) is 20.6. The predicted octanol–water partition coefficient (Wildman–Crippen LogP) is 2.68. The van der Waals surface area contributed by atoms with Crippen molar-refractivity contribution in [1.29, 1.82) is 0 Å². The zero-order chi connectivity index (χ0) is 37.8. The lowest BCUT2D eigenvalue weighted by Gasteiger charge is -2.28. The molecular weight excluding hydrogens is 640 g/mol. The average Bonchev–Trinajstić information content (AvgIpc) is 3.03. The van der Waals surface area contributed by atoms with Crippen molar-refractivity contribution in [3.8, 4) is 0 Å². The number of aryl methyl sites for hydroxylation is 1. The Bertz CT molecular complexity index is 1220. The van der Waals surface area contributed by atoms with Gasteiger partial charge < -0.3 is 37.0 Å². The van der Waals surface area contributed by atoms with Crippen molar-refractivity contribution in [3.05, 3.63) is 35.9 Å². The molecule has 0 heterocycles. The van der Waals surface area contributed by atoms with Gasteiger partial charge in [-0.05, 0) is 69.3 Å². The lowest BCUT2D eigenvalue weighted by molar-refractivity contribution is -0.137. The maximum absolute atomic E-state index is 13.9. The van der Waals surface area contributed by atoms with Crippen molar-refractivity contribution in [2.45, 2.75) is 131 Å². The average molecular weight is 703 g/mol. The Balaban J connectivity index is 3.11. The highest BCUT2D eigenvalue weighted by Crippen LogP contribution is 2.11. The van der Waals surface area contributed by atoms with Gasteiger partial charge in [0.1, 0.15) is 18.1 Å². The van der Waals surface area contributed by atoms with E-state index in [2.05, 4.69) is 31.9 Å². The third-order valence-electron chi connectivity index (χ3n) is 8.11. The first-order valence-corrected chi connectivity index (χ1v) is 18.0. The van der Waals surface area contributed by atoms with Crippen molar-refractivity contribution in [2.75, 3.05) is 13.1 Å². The fraction of sp³-hybridized carbons (Fsp3) is 0.676. The van der Waals surface area contributed by atoms with Crippen LogP contribution >= 0.6 is 0 Å². The summed E-state index contributed by atoms with van der Waals surface area (Å²) in [5, 5.41) is 26.4. The quantitative estimate of drug-likeness (QED) is 0.0854. The van der Waals surface area contributed by atoms with Gasteiger partial charge in [-0.3, -0.25) is 28.8 Å². The second-order valence-corrected chi connectivity index (χ2v) is 14.2. The van der Waals surface area contributed by atoms with Crippen LogP contribution in [0.2, 0.25) is 0 Å². The number of aliphatic carboxylic acids is 1. The number of carboxylic acids is 1. The molecule has 0 saturated heterocycles. The van der Waals surface area contributed by atoms with Gasteiger partial charge in [-0.1, -0.05) is 71.9 Å². The number of carbonyl (C=O) groups excluding carboxylic acids is 5. The molecule has 0 unspecified atom stereocenters. The third-order valence-corrected chi connectivity index (χ3v) is 8.11. The van der Waals surface area contributed by atoms with Crippen LogP contribution in [0.15, 0.2) is 30.3 Å². The molecule has 0 bridgehead atoms. The van der Waals surface area contributed by atoms with Gasteiger partial charge in [-0.25, -0.2) is 0 Å². The fourth-order valence-electron chi connectivity index (χ4n) is 5.44. The largest absolute Gasteiger partial charge is 0.481 e. The van der Waals surface area contributed by atoms with E-state index in [-0.39, 0.29) is 67.3 Å². The van der Waals surface area contributed by atoms with Crippen LogP contribution in [0.1, 0.15) is 99.5 Å². The van der Waals surface area contributed by atoms with Crippen molar-refractivity contribution in [1.82, 2.24) is 31.9 Å². The molecule has 1 aromatic rings. The van der Waals surface area contributed by atoms with Crippen LogP contribution in [0.25, 0.3) is 0 Å². The first-order valence-electron chi connectivity index (χ1n) is 18.0. The molecule has 13 heteroatoms. The molecular formula is C37H62N6O7. The summed E-state index contributed by atoms with van der Waals surface area (Å²) < 4.78 is 0. The standard InChI is InChI=1S/C37H62N6O7/c1-9-38-37(50)33(25(6)7)43-34(47)26(8)39-22-28(20-23(2)3)40-35(48)29(19-18-27-14-11-10-12-15-27)42-36(49)30(21-24(4)5)41-31(44)16-13-17-32(45)46/h10-12,14-15,23-26,28-30,33,39H,9,13,16-22H2,1-8H3,(H,38,50)(H,40,48)(H,41,44)(H,42,49)(H,43,47)(H,45,46)/t26-,28-,29-,30-,33-/m0/s1. The first kappa shape index (κ1) is 44.0. The Morgan fingerprint density at radius 2 is 1.32 bits per heavy atom. The van der Waals surface area contributed by atoms with E-state index >= 15 is 0 Å². The minimum Gasteiger partial charge on any atom is -0.481 e. The van der Waals surface area contributed by atoms with E-state index < -0.39 is 42.0 Å². The molecule has 50 heavy (non-hydrogen) atoms. The van der Waals surface area contributed by atoms with E-state index in [1.54, 1.807) is 6.92 Å². The third kappa shape index (κ3) is 18.1. The number of nitrogens with one attached hydrogen (secondary N) is 6. The number of hydrogen-bond acceptors (Lipinski definition) is 7. The molecule has 13 nitrogen and oxygen atoms in total. The van der Waals surface area contributed by atoms with Gasteiger partial charge in [0.2, 0.25) is 29.5 Å². The summed E-state index contributed by atoms with van der Waals surface area (Å²) in [7, 11) is 0.